The number of nitrogens with one attached hydrogen (secondary N) is 1. The minimum Gasteiger partial charge on any atom is -0.481 e. The summed E-state index contributed by atoms with van der Waals surface area (Å²) in [5, 5.41) is 36.1. The fourth-order valence-corrected chi connectivity index (χ4v) is 4.92. The van der Waals surface area contributed by atoms with E-state index in [0.29, 0.717) is 31.8 Å². The largest absolute Gasteiger partial charge is 0.481 e. The number of amides is 1. The third kappa shape index (κ3) is 6.04. The van der Waals surface area contributed by atoms with Gasteiger partial charge in [0.05, 0.1) is 12.5 Å². The van der Waals surface area contributed by atoms with Crippen LogP contribution >= 0.6 is 11.3 Å². The zero-order valence-electron chi connectivity index (χ0n) is 18.7. The summed E-state index contributed by atoms with van der Waals surface area (Å²) in [7, 11) is 0. The Balaban J connectivity index is 1.35. The van der Waals surface area contributed by atoms with Crippen LogP contribution in [0.5, 0.6) is 0 Å². The maximum Gasteiger partial charge on any atom is 0.306 e. The lowest BCUT2D eigenvalue weighted by molar-refractivity contribution is -0.139. The Kier molecular flexibility index (Phi) is 7.99. The topological polar surface area (TPSA) is 133 Å². The predicted molar refractivity (Wildman–Crippen MR) is 125 cm³/mol. The molecular formula is C23H28N6O4S. The van der Waals surface area contributed by atoms with Crippen molar-refractivity contribution in [3.8, 4) is 0 Å². The average molecular weight is 485 g/mol. The predicted octanol–water partition coefficient (Wildman–Crippen LogP) is 1.61. The highest BCUT2D eigenvalue weighted by atomic mass is 32.1. The molecule has 10 nitrogen and oxygen atoms in total. The molecule has 1 aromatic carbocycles. The number of carbonyl (C=O) groups is 2. The zero-order chi connectivity index (χ0) is 23.9. The molecule has 0 radical (unpaired) electrons. The fourth-order valence-electron chi connectivity index (χ4n) is 4.13. The maximum atomic E-state index is 12.8. The molecule has 1 aliphatic rings. The molecule has 3 aromatic rings. The number of aryl methyl sites for hydroxylation is 1. The summed E-state index contributed by atoms with van der Waals surface area (Å²) in [6.45, 7) is 1.93. The molecule has 0 saturated carbocycles. The molecule has 3 heterocycles. The van der Waals surface area contributed by atoms with Crippen molar-refractivity contribution >= 4 is 23.2 Å². The molecule has 0 saturated heterocycles. The van der Waals surface area contributed by atoms with Gasteiger partial charge in [0.1, 0.15) is 6.04 Å². The molecule has 2 atom stereocenters. The number of carbonyl (C=O) groups excluding carboxylic acids is 1. The van der Waals surface area contributed by atoms with Crippen molar-refractivity contribution in [1.82, 2.24) is 30.4 Å². The van der Waals surface area contributed by atoms with Crippen LogP contribution in [0.3, 0.4) is 0 Å². The SMILES string of the molecule is O=C(O)CC(O)CN[C@@H](c1cccs1)c1nnnn1CCCC(=O)N1CCc2ccccc2C1. The molecule has 1 aliphatic heterocycles. The second kappa shape index (κ2) is 11.3. The summed E-state index contributed by atoms with van der Waals surface area (Å²) in [6.07, 6.45) is 0.486. The number of aliphatic carboxylic acids is 1. The minimum atomic E-state index is -1.06. The van der Waals surface area contributed by atoms with Gasteiger partial charge in [0.25, 0.3) is 0 Å². The van der Waals surface area contributed by atoms with Crippen LogP contribution in [0.25, 0.3) is 0 Å². The number of carboxylic acid groups (broad SMARTS) is 1. The van der Waals surface area contributed by atoms with E-state index in [4.69, 9.17) is 5.11 Å². The third-order valence-electron chi connectivity index (χ3n) is 5.86. The molecule has 11 heteroatoms. The van der Waals surface area contributed by atoms with Gasteiger partial charge in [-0.25, -0.2) is 4.68 Å². The van der Waals surface area contributed by atoms with E-state index in [1.165, 1.54) is 22.5 Å². The summed E-state index contributed by atoms with van der Waals surface area (Å²) in [6, 6.07) is 11.7. The van der Waals surface area contributed by atoms with Crippen molar-refractivity contribution in [3.63, 3.8) is 0 Å². The number of hydrogen-bond donors (Lipinski definition) is 3. The Bertz CT molecular complexity index is 1100. The number of aliphatic hydroxyl groups is 1. The molecule has 34 heavy (non-hydrogen) atoms. The highest BCUT2D eigenvalue weighted by Gasteiger charge is 2.24. The Hall–Kier alpha value is -3.15. The van der Waals surface area contributed by atoms with Crippen LogP contribution in [0.2, 0.25) is 0 Å². The summed E-state index contributed by atoms with van der Waals surface area (Å²) < 4.78 is 1.67. The number of aliphatic hydroxyl groups excluding tert-OH is 1. The van der Waals surface area contributed by atoms with Crippen molar-refractivity contribution < 1.29 is 19.8 Å². The van der Waals surface area contributed by atoms with E-state index < -0.39 is 18.1 Å². The van der Waals surface area contributed by atoms with Crippen molar-refractivity contribution in [2.24, 2.45) is 0 Å². The van der Waals surface area contributed by atoms with E-state index in [1.807, 2.05) is 34.5 Å². The van der Waals surface area contributed by atoms with E-state index in [-0.39, 0.29) is 18.9 Å². The highest BCUT2D eigenvalue weighted by molar-refractivity contribution is 7.10. The van der Waals surface area contributed by atoms with Crippen LogP contribution in [-0.2, 0) is 29.1 Å². The number of aromatic nitrogens is 4. The quantitative estimate of drug-likeness (QED) is 0.374. The van der Waals surface area contributed by atoms with Crippen LogP contribution in [0.4, 0.5) is 0 Å². The third-order valence-corrected chi connectivity index (χ3v) is 6.79. The summed E-state index contributed by atoms with van der Waals surface area (Å²) >= 11 is 1.52. The Morgan fingerprint density at radius 2 is 2.00 bits per heavy atom. The van der Waals surface area contributed by atoms with Gasteiger partial charge in [0.15, 0.2) is 5.82 Å². The van der Waals surface area contributed by atoms with Crippen molar-refractivity contribution in [2.45, 2.75) is 50.9 Å². The average Bonchev–Trinajstić information content (AvgIpc) is 3.51. The summed E-state index contributed by atoms with van der Waals surface area (Å²) in [5.74, 6) is -0.383. The number of thiophene rings is 1. The molecule has 1 unspecified atom stereocenters. The first kappa shape index (κ1) is 24.0. The number of benzene rings is 1. The first-order valence-electron chi connectivity index (χ1n) is 11.3. The minimum absolute atomic E-state index is 0.0800. The molecule has 0 spiro atoms. The van der Waals surface area contributed by atoms with Gasteiger partial charge in [0, 0.05) is 37.5 Å². The molecule has 0 aliphatic carbocycles. The molecular weight excluding hydrogens is 456 g/mol. The Labute approximate surface area is 201 Å². The van der Waals surface area contributed by atoms with Gasteiger partial charge in [-0.1, -0.05) is 30.3 Å². The van der Waals surface area contributed by atoms with Gasteiger partial charge in [0.2, 0.25) is 5.91 Å². The first-order valence-corrected chi connectivity index (χ1v) is 12.2. The summed E-state index contributed by atoms with van der Waals surface area (Å²) in [5.41, 5.74) is 2.52. The normalized spacial score (nSPS) is 15.0. The standard InChI is InChI=1S/C23H28N6O4S/c30-18(13-21(32)33)14-24-22(19-7-4-12-34-19)23-25-26-27-29(23)10-3-8-20(31)28-11-9-16-5-1-2-6-17(16)15-28/h1-2,4-7,12,18,22,24,30H,3,8-11,13-15H2,(H,32,33)/t18?,22-/m0/s1. The maximum absolute atomic E-state index is 12.8. The Morgan fingerprint density at radius 1 is 1.18 bits per heavy atom. The lowest BCUT2D eigenvalue weighted by Gasteiger charge is -2.29. The van der Waals surface area contributed by atoms with Crippen LogP contribution in [-0.4, -0.2) is 66.4 Å². The number of hydrogen-bond acceptors (Lipinski definition) is 8. The highest BCUT2D eigenvalue weighted by Crippen LogP contribution is 2.25. The number of nitrogens with zero attached hydrogens (tertiary/aromatic N) is 5. The molecule has 3 N–H and O–H groups in total. The molecule has 0 fully saturated rings. The second-order valence-electron chi connectivity index (χ2n) is 8.31. The number of rotatable bonds is 11. The zero-order valence-corrected chi connectivity index (χ0v) is 19.5. The van der Waals surface area contributed by atoms with Crippen LogP contribution < -0.4 is 5.32 Å². The molecule has 0 bridgehead atoms. The van der Waals surface area contributed by atoms with E-state index >= 15 is 0 Å². The van der Waals surface area contributed by atoms with E-state index in [9.17, 15) is 14.7 Å². The van der Waals surface area contributed by atoms with Crippen LogP contribution in [0.1, 0.15) is 47.1 Å². The van der Waals surface area contributed by atoms with Crippen LogP contribution in [0, 0.1) is 0 Å². The van der Waals surface area contributed by atoms with Crippen molar-refractivity contribution in [3.05, 3.63) is 63.6 Å². The molecule has 1 amide bonds. The lowest BCUT2D eigenvalue weighted by atomic mass is 9.99. The molecule has 180 valence electrons. The monoisotopic (exact) mass is 484 g/mol. The first-order chi connectivity index (χ1) is 16.5. The van der Waals surface area contributed by atoms with Crippen molar-refractivity contribution in [1.29, 1.82) is 0 Å². The number of carboxylic acids is 1. The number of tetrazole rings is 1. The second-order valence-corrected chi connectivity index (χ2v) is 9.29. The van der Waals surface area contributed by atoms with Gasteiger partial charge in [-0.05, 0) is 45.8 Å². The summed E-state index contributed by atoms with van der Waals surface area (Å²) in [4.78, 5) is 26.5. The number of fused-ring (bicyclic) bond motifs is 1. The van der Waals surface area contributed by atoms with Crippen LogP contribution in [0.15, 0.2) is 41.8 Å². The van der Waals surface area contributed by atoms with E-state index in [2.05, 4.69) is 33.0 Å². The van der Waals surface area contributed by atoms with Gasteiger partial charge >= 0.3 is 5.97 Å². The van der Waals surface area contributed by atoms with Crippen molar-refractivity contribution in [2.75, 3.05) is 13.1 Å². The van der Waals surface area contributed by atoms with E-state index in [0.717, 1.165) is 17.8 Å². The van der Waals surface area contributed by atoms with Gasteiger partial charge in [-0.3, -0.25) is 9.59 Å². The van der Waals surface area contributed by atoms with E-state index in [1.54, 1.807) is 4.68 Å². The molecule has 4 rings (SSSR count). The molecule has 2 aromatic heterocycles. The van der Waals surface area contributed by atoms with Gasteiger partial charge in [-0.2, -0.15) is 0 Å². The Morgan fingerprint density at radius 3 is 2.76 bits per heavy atom. The fraction of sp³-hybridized carbons (Fsp3) is 0.435. The van der Waals surface area contributed by atoms with Gasteiger partial charge < -0.3 is 20.4 Å². The smallest absolute Gasteiger partial charge is 0.306 e. The van der Waals surface area contributed by atoms with Gasteiger partial charge in [-0.15, -0.1) is 16.4 Å². The lowest BCUT2D eigenvalue weighted by Crippen LogP contribution is -2.36.